The number of nitrogens with one attached hydrogen (secondary N) is 2. The van der Waals surface area contributed by atoms with Crippen molar-refractivity contribution in [1.82, 2.24) is 20.5 Å². The Bertz CT molecular complexity index is 1410. The van der Waals surface area contributed by atoms with Gasteiger partial charge < -0.3 is 10.2 Å². The van der Waals surface area contributed by atoms with Gasteiger partial charge in [-0.2, -0.15) is 5.10 Å². The lowest BCUT2D eigenvalue weighted by atomic mass is 10.2. The van der Waals surface area contributed by atoms with E-state index in [4.69, 9.17) is 0 Å². The molecule has 2 aromatic carbocycles. The summed E-state index contributed by atoms with van der Waals surface area (Å²) in [6.45, 7) is 2.18. The molecule has 0 saturated carbocycles. The zero-order valence-electron chi connectivity index (χ0n) is 17.9. The van der Waals surface area contributed by atoms with Crippen LogP contribution in [0.15, 0.2) is 76.8 Å². The van der Waals surface area contributed by atoms with Crippen LogP contribution in [-0.4, -0.2) is 42.6 Å². The van der Waals surface area contributed by atoms with Crippen LogP contribution in [0.4, 0.5) is 5.69 Å². The molecule has 0 bridgehead atoms. The molecule has 0 atom stereocenters. The van der Waals surface area contributed by atoms with Crippen molar-refractivity contribution < 1.29 is 13.2 Å². The van der Waals surface area contributed by atoms with Gasteiger partial charge in [0.2, 0.25) is 9.84 Å². The molecular formula is C24H23N5O3S. The topological polar surface area (TPSA) is 108 Å². The first-order valence-corrected chi connectivity index (χ1v) is 12.3. The lowest BCUT2D eigenvalue weighted by Crippen LogP contribution is -2.22. The second-order valence-corrected chi connectivity index (χ2v) is 10.0. The molecule has 3 heterocycles. The minimum Gasteiger partial charge on any atom is -0.372 e. The number of aromatic nitrogens is 3. The van der Waals surface area contributed by atoms with E-state index in [1.54, 1.807) is 54.7 Å². The molecule has 0 radical (unpaired) electrons. The SMILES string of the molecule is O=C(NCc1ccc(S(=O)(=O)c2cccc(N3CCCC3)c2)cc1)c1cnc2[nH]ncc2c1. The van der Waals surface area contributed by atoms with Crippen molar-refractivity contribution in [2.45, 2.75) is 29.2 Å². The molecule has 0 spiro atoms. The summed E-state index contributed by atoms with van der Waals surface area (Å²) in [5, 5.41) is 10.2. The summed E-state index contributed by atoms with van der Waals surface area (Å²) in [6, 6.07) is 15.4. The van der Waals surface area contributed by atoms with Gasteiger partial charge >= 0.3 is 0 Å². The normalized spacial score (nSPS) is 14.0. The van der Waals surface area contributed by atoms with Gasteiger partial charge in [0.25, 0.3) is 5.91 Å². The fraction of sp³-hybridized carbons (Fsp3) is 0.208. The zero-order chi connectivity index (χ0) is 22.8. The standard InChI is InChI=1S/C24H23N5O3S/c30-24(19-12-18-16-27-28-23(18)25-15-19)26-14-17-6-8-21(9-7-17)33(31,32)22-5-3-4-20(13-22)29-10-1-2-11-29/h3-9,12-13,15-16H,1-2,10-11,14H2,(H,26,30)(H,25,27,28). The van der Waals surface area contributed by atoms with Crippen molar-refractivity contribution in [2.24, 2.45) is 0 Å². The highest BCUT2D eigenvalue weighted by Gasteiger charge is 2.20. The van der Waals surface area contributed by atoms with Crippen LogP contribution in [0.25, 0.3) is 11.0 Å². The van der Waals surface area contributed by atoms with Gasteiger partial charge in [0.1, 0.15) is 0 Å². The van der Waals surface area contributed by atoms with Crippen LogP contribution >= 0.6 is 0 Å². The van der Waals surface area contributed by atoms with Gasteiger partial charge in [-0.15, -0.1) is 0 Å². The molecule has 0 unspecified atom stereocenters. The van der Waals surface area contributed by atoms with E-state index in [9.17, 15) is 13.2 Å². The van der Waals surface area contributed by atoms with Crippen molar-refractivity contribution in [2.75, 3.05) is 18.0 Å². The molecule has 9 heteroatoms. The zero-order valence-corrected chi connectivity index (χ0v) is 18.7. The second-order valence-electron chi connectivity index (χ2n) is 8.05. The summed E-state index contributed by atoms with van der Waals surface area (Å²) >= 11 is 0. The molecule has 4 aromatic rings. The summed E-state index contributed by atoms with van der Waals surface area (Å²) < 4.78 is 26.3. The first kappa shape index (κ1) is 21.1. The Morgan fingerprint density at radius 2 is 1.79 bits per heavy atom. The molecule has 168 valence electrons. The van der Waals surface area contributed by atoms with E-state index in [0.717, 1.165) is 42.6 Å². The summed E-state index contributed by atoms with van der Waals surface area (Å²) in [5.41, 5.74) is 2.79. The Labute approximate surface area is 191 Å². The van der Waals surface area contributed by atoms with E-state index in [1.165, 1.54) is 6.20 Å². The Morgan fingerprint density at radius 3 is 2.58 bits per heavy atom. The highest BCUT2D eigenvalue weighted by Crippen LogP contribution is 2.27. The van der Waals surface area contributed by atoms with Crippen LogP contribution in [0, 0.1) is 0 Å². The van der Waals surface area contributed by atoms with Gasteiger partial charge in [-0.3, -0.25) is 9.89 Å². The minimum atomic E-state index is -3.63. The van der Waals surface area contributed by atoms with Gasteiger partial charge in [-0.05, 0) is 54.8 Å². The third-order valence-electron chi connectivity index (χ3n) is 5.84. The van der Waals surface area contributed by atoms with Gasteiger partial charge in [0.15, 0.2) is 5.65 Å². The number of benzene rings is 2. The van der Waals surface area contributed by atoms with Gasteiger partial charge in [0, 0.05) is 36.9 Å². The number of pyridine rings is 1. The molecule has 1 fully saturated rings. The fourth-order valence-electron chi connectivity index (χ4n) is 3.99. The lowest BCUT2D eigenvalue weighted by Gasteiger charge is -2.18. The molecule has 1 saturated heterocycles. The average molecular weight is 462 g/mol. The molecule has 33 heavy (non-hydrogen) atoms. The Hall–Kier alpha value is -3.72. The molecule has 1 aliphatic heterocycles. The van der Waals surface area contributed by atoms with Crippen LogP contribution < -0.4 is 10.2 Å². The number of H-pyrrole nitrogens is 1. The van der Waals surface area contributed by atoms with E-state index in [1.807, 2.05) is 6.07 Å². The Kier molecular flexibility index (Phi) is 5.55. The minimum absolute atomic E-state index is 0.228. The van der Waals surface area contributed by atoms with E-state index >= 15 is 0 Å². The maximum Gasteiger partial charge on any atom is 0.253 e. The fourth-order valence-corrected chi connectivity index (χ4v) is 5.29. The highest BCUT2D eigenvalue weighted by molar-refractivity contribution is 7.91. The predicted molar refractivity (Wildman–Crippen MR) is 125 cm³/mol. The van der Waals surface area contributed by atoms with E-state index < -0.39 is 9.84 Å². The van der Waals surface area contributed by atoms with Crippen molar-refractivity contribution in [3.05, 3.63) is 78.1 Å². The summed E-state index contributed by atoms with van der Waals surface area (Å²) in [4.78, 5) is 19.3. The lowest BCUT2D eigenvalue weighted by molar-refractivity contribution is 0.0950. The molecule has 1 amide bonds. The number of carbonyl (C=O) groups excluding carboxylic acids is 1. The summed E-state index contributed by atoms with van der Waals surface area (Å²) in [5.74, 6) is -0.263. The number of rotatable bonds is 6. The first-order chi connectivity index (χ1) is 16.0. The maximum atomic E-state index is 13.1. The van der Waals surface area contributed by atoms with Crippen LogP contribution in [-0.2, 0) is 16.4 Å². The maximum absolute atomic E-state index is 13.1. The number of amides is 1. The van der Waals surface area contributed by atoms with Crippen molar-refractivity contribution in [1.29, 1.82) is 0 Å². The third-order valence-corrected chi connectivity index (χ3v) is 7.61. The first-order valence-electron chi connectivity index (χ1n) is 10.8. The van der Waals surface area contributed by atoms with Crippen molar-refractivity contribution in [3.8, 4) is 0 Å². The molecule has 2 aromatic heterocycles. The number of fused-ring (bicyclic) bond motifs is 1. The quantitative estimate of drug-likeness (QED) is 0.456. The summed E-state index contributed by atoms with van der Waals surface area (Å²) in [7, 11) is -3.63. The van der Waals surface area contributed by atoms with Crippen molar-refractivity contribution in [3.63, 3.8) is 0 Å². The largest absolute Gasteiger partial charge is 0.372 e. The highest BCUT2D eigenvalue weighted by atomic mass is 32.2. The summed E-state index contributed by atoms with van der Waals surface area (Å²) in [6.07, 6.45) is 5.35. The second kappa shape index (κ2) is 8.67. The molecule has 5 rings (SSSR count). The number of sulfone groups is 1. The number of hydrogen-bond acceptors (Lipinski definition) is 6. The number of carbonyl (C=O) groups is 1. The number of hydrogen-bond donors (Lipinski definition) is 2. The van der Waals surface area contributed by atoms with Gasteiger partial charge in [-0.25, -0.2) is 13.4 Å². The average Bonchev–Trinajstić information content (AvgIpc) is 3.55. The monoisotopic (exact) mass is 461 g/mol. The van der Waals surface area contributed by atoms with Crippen LogP contribution in [0.5, 0.6) is 0 Å². The van der Waals surface area contributed by atoms with E-state index in [2.05, 4.69) is 25.4 Å². The molecule has 0 aliphatic carbocycles. The Balaban J connectivity index is 1.27. The van der Waals surface area contributed by atoms with Gasteiger partial charge in [-0.1, -0.05) is 18.2 Å². The van der Waals surface area contributed by atoms with Crippen molar-refractivity contribution >= 4 is 32.5 Å². The number of aromatic amines is 1. The molecular weight excluding hydrogens is 438 g/mol. The predicted octanol–water partition coefficient (Wildman–Crippen LogP) is 3.32. The van der Waals surface area contributed by atoms with Gasteiger partial charge in [0.05, 0.1) is 21.6 Å². The Morgan fingerprint density at radius 1 is 1.00 bits per heavy atom. The molecule has 8 nitrogen and oxygen atoms in total. The molecule has 1 aliphatic rings. The molecule has 2 N–H and O–H groups in total. The third kappa shape index (κ3) is 4.31. The number of nitrogens with zero attached hydrogens (tertiary/aromatic N) is 3. The smallest absolute Gasteiger partial charge is 0.253 e. The van der Waals surface area contributed by atoms with Crippen LogP contribution in [0.3, 0.4) is 0 Å². The van der Waals surface area contributed by atoms with E-state index in [0.29, 0.717) is 11.2 Å². The van der Waals surface area contributed by atoms with Crippen LogP contribution in [0.1, 0.15) is 28.8 Å². The van der Waals surface area contributed by atoms with E-state index in [-0.39, 0.29) is 22.2 Å². The van der Waals surface area contributed by atoms with Crippen LogP contribution in [0.2, 0.25) is 0 Å². The number of anilines is 1.